The number of hydrogen-bond donors (Lipinski definition) is 0. The summed E-state index contributed by atoms with van der Waals surface area (Å²) in [7, 11) is 0. The van der Waals surface area contributed by atoms with Crippen molar-refractivity contribution in [1.29, 1.82) is 0 Å². The molecule has 3 heteroatoms. The van der Waals surface area contributed by atoms with Crippen LogP contribution in [0.3, 0.4) is 0 Å². The molecule has 0 heterocycles. The average molecular weight is 292 g/mol. The van der Waals surface area contributed by atoms with E-state index in [-0.39, 0.29) is 0 Å². The van der Waals surface area contributed by atoms with Crippen LogP contribution in [0.1, 0.15) is 23.2 Å². The average Bonchev–Trinajstić information content (AvgIpc) is 3.12. The summed E-state index contributed by atoms with van der Waals surface area (Å²) in [4.78, 5) is 12.9. The third-order valence-corrected chi connectivity index (χ3v) is 3.62. The fraction of sp³-hybridized carbons (Fsp3) is 0.357. The second kappa shape index (κ2) is 5.37. The number of halogens is 1. The lowest BCUT2D eigenvalue weighted by atomic mass is 10.2. The van der Waals surface area contributed by atoms with E-state index in [1.54, 1.807) is 0 Å². The largest absolute Gasteiger partial charge is 0.360 e. The minimum Gasteiger partial charge on any atom is -0.360 e. The predicted octanol–water partition coefficient (Wildman–Crippen LogP) is 3.11. The molecule has 1 fully saturated rings. The molecule has 17 heavy (non-hydrogen) atoms. The van der Waals surface area contributed by atoms with Crippen LogP contribution in [0.5, 0.6) is 0 Å². The van der Waals surface area contributed by atoms with Gasteiger partial charge in [-0.2, -0.15) is 0 Å². The summed E-state index contributed by atoms with van der Waals surface area (Å²) >= 11 is 3.40. The van der Waals surface area contributed by atoms with Gasteiger partial charge in [0.05, 0.1) is 6.54 Å². The summed E-state index contributed by atoms with van der Waals surface area (Å²) in [6.45, 7) is 1.63. The lowest BCUT2D eigenvalue weighted by Crippen LogP contribution is -2.26. The maximum atomic E-state index is 10.7. The molecule has 88 valence electrons. The van der Waals surface area contributed by atoms with Crippen molar-refractivity contribution in [3.63, 3.8) is 0 Å². The van der Waals surface area contributed by atoms with Crippen LogP contribution in [0, 0.1) is 18.3 Å². The standard InChI is InChI=1S/C14H14BrNO/c1-2-7-16(9-11-3-4-11)13-6-5-12(10-17)14(15)8-13/h1,5-6,8,10-11H,3-4,7,9H2. The van der Waals surface area contributed by atoms with E-state index in [9.17, 15) is 4.79 Å². The molecule has 0 unspecified atom stereocenters. The van der Waals surface area contributed by atoms with Crippen molar-refractivity contribution in [2.24, 2.45) is 5.92 Å². The first kappa shape index (κ1) is 12.2. The lowest BCUT2D eigenvalue weighted by molar-refractivity contribution is 0.112. The van der Waals surface area contributed by atoms with Gasteiger partial charge in [-0.05, 0) is 52.9 Å². The van der Waals surface area contributed by atoms with Crippen molar-refractivity contribution in [3.05, 3.63) is 28.2 Å². The zero-order valence-corrected chi connectivity index (χ0v) is 11.1. The van der Waals surface area contributed by atoms with Gasteiger partial charge in [0.2, 0.25) is 0 Å². The second-order valence-electron chi connectivity index (χ2n) is 4.35. The number of carbonyl (C=O) groups excluding carboxylic acids is 1. The smallest absolute Gasteiger partial charge is 0.151 e. The molecule has 1 aliphatic rings. The SMILES string of the molecule is C#CCN(CC1CC1)c1ccc(C=O)c(Br)c1. The fourth-order valence-corrected chi connectivity index (χ4v) is 2.25. The van der Waals surface area contributed by atoms with E-state index in [0.29, 0.717) is 12.1 Å². The molecule has 0 bridgehead atoms. The Morgan fingerprint density at radius 2 is 2.29 bits per heavy atom. The number of hydrogen-bond acceptors (Lipinski definition) is 2. The Balaban J connectivity index is 2.19. The maximum absolute atomic E-state index is 10.7. The normalized spacial score (nSPS) is 14.1. The van der Waals surface area contributed by atoms with Crippen molar-refractivity contribution in [2.75, 3.05) is 18.0 Å². The molecule has 1 saturated carbocycles. The first-order valence-corrected chi connectivity index (χ1v) is 6.47. The summed E-state index contributed by atoms with van der Waals surface area (Å²) in [6.07, 6.45) is 8.85. The molecule has 0 saturated heterocycles. The maximum Gasteiger partial charge on any atom is 0.151 e. The van der Waals surface area contributed by atoms with Gasteiger partial charge >= 0.3 is 0 Å². The molecule has 0 aliphatic heterocycles. The van der Waals surface area contributed by atoms with Crippen LogP contribution >= 0.6 is 15.9 Å². The van der Waals surface area contributed by atoms with Crippen LogP contribution in [0.2, 0.25) is 0 Å². The number of benzene rings is 1. The van der Waals surface area contributed by atoms with E-state index in [1.807, 2.05) is 18.2 Å². The van der Waals surface area contributed by atoms with E-state index in [2.05, 4.69) is 26.8 Å². The van der Waals surface area contributed by atoms with Gasteiger partial charge in [-0.15, -0.1) is 6.42 Å². The molecule has 0 N–H and O–H groups in total. The molecule has 2 nitrogen and oxygen atoms in total. The van der Waals surface area contributed by atoms with Crippen molar-refractivity contribution in [2.45, 2.75) is 12.8 Å². The third-order valence-electron chi connectivity index (χ3n) is 2.93. The number of terminal acetylenes is 1. The topological polar surface area (TPSA) is 20.3 Å². The van der Waals surface area contributed by atoms with Gasteiger partial charge in [0, 0.05) is 22.3 Å². The fourth-order valence-electron chi connectivity index (χ4n) is 1.79. The molecule has 0 atom stereocenters. The first-order chi connectivity index (χ1) is 8.24. The first-order valence-electron chi connectivity index (χ1n) is 5.67. The molecule has 0 aromatic heterocycles. The molecule has 0 radical (unpaired) electrons. The second-order valence-corrected chi connectivity index (χ2v) is 5.21. The number of nitrogens with zero attached hydrogens (tertiary/aromatic N) is 1. The van der Waals surface area contributed by atoms with Crippen molar-refractivity contribution in [1.82, 2.24) is 0 Å². The Kier molecular flexibility index (Phi) is 3.86. The molecule has 1 aromatic carbocycles. The van der Waals surface area contributed by atoms with Crippen LogP contribution in [-0.2, 0) is 0 Å². The van der Waals surface area contributed by atoms with E-state index in [4.69, 9.17) is 6.42 Å². The lowest BCUT2D eigenvalue weighted by Gasteiger charge is -2.22. The molecular formula is C14H14BrNO. The minimum atomic E-state index is 0.614. The van der Waals surface area contributed by atoms with Gasteiger partial charge in [0.1, 0.15) is 0 Å². The van der Waals surface area contributed by atoms with Crippen LogP contribution in [0.15, 0.2) is 22.7 Å². The number of rotatable bonds is 5. The Morgan fingerprint density at radius 1 is 1.53 bits per heavy atom. The van der Waals surface area contributed by atoms with Gasteiger partial charge in [-0.1, -0.05) is 5.92 Å². The Hall–Kier alpha value is -1.27. The van der Waals surface area contributed by atoms with Crippen LogP contribution in [0.25, 0.3) is 0 Å². The molecular weight excluding hydrogens is 278 g/mol. The highest BCUT2D eigenvalue weighted by Crippen LogP contribution is 2.32. The molecule has 0 spiro atoms. The predicted molar refractivity (Wildman–Crippen MR) is 73.3 cm³/mol. The summed E-state index contributed by atoms with van der Waals surface area (Å²) in [5.74, 6) is 3.47. The summed E-state index contributed by atoms with van der Waals surface area (Å²) < 4.78 is 0.822. The molecule has 2 rings (SSSR count). The van der Waals surface area contributed by atoms with Gasteiger partial charge in [0.15, 0.2) is 6.29 Å². The number of aldehydes is 1. The van der Waals surface area contributed by atoms with E-state index >= 15 is 0 Å². The van der Waals surface area contributed by atoms with Gasteiger partial charge in [-0.3, -0.25) is 4.79 Å². The number of anilines is 1. The minimum absolute atomic E-state index is 0.614. The zero-order chi connectivity index (χ0) is 12.3. The summed E-state index contributed by atoms with van der Waals surface area (Å²) in [5, 5.41) is 0. The van der Waals surface area contributed by atoms with Crippen LogP contribution in [0.4, 0.5) is 5.69 Å². The van der Waals surface area contributed by atoms with Crippen LogP contribution in [-0.4, -0.2) is 19.4 Å². The Morgan fingerprint density at radius 3 is 2.82 bits per heavy atom. The van der Waals surface area contributed by atoms with E-state index in [0.717, 1.165) is 28.9 Å². The highest BCUT2D eigenvalue weighted by molar-refractivity contribution is 9.10. The highest BCUT2D eigenvalue weighted by atomic mass is 79.9. The molecule has 1 aliphatic carbocycles. The summed E-state index contributed by atoms with van der Waals surface area (Å²) in [5.41, 5.74) is 1.74. The monoisotopic (exact) mass is 291 g/mol. The highest BCUT2D eigenvalue weighted by Gasteiger charge is 2.24. The Bertz CT molecular complexity index is 460. The Labute approximate surface area is 110 Å². The zero-order valence-electron chi connectivity index (χ0n) is 9.53. The number of carbonyl (C=O) groups is 1. The van der Waals surface area contributed by atoms with Gasteiger partial charge in [0.25, 0.3) is 0 Å². The van der Waals surface area contributed by atoms with Gasteiger partial charge < -0.3 is 4.90 Å². The summed E-state index contributed by atoms with van der Waals surface area (Å²) in [6, 6.07) is 5.74. The van der Waals surface area contributed by atoms with Crippen LogP contribution < -0.4 is 4.90 Å². The quantitative estimate of drug-likeness (QED) is 0.614. The van der Waals surface area contributed by atoms with Gasteiger partial charge in [-0.25, -0.2) is 0 Å². The third kappa shape index (κ3) is 3.10. The van der Waals surface area contributed by atoms with Crippen molar-refractivity contribution >= 4 is 27.9 Å². The van der Waals surface area contributed by atoms with E-state index < -0.39 is 0 Å². The van der Waals surface area contributed by atoms with E-state index in [1.165, 1.54) is 12.8 Å². The van der Waals surface area contributed by atoms with Crippen molar-refractivity contribution in [3.8, 4) is 12.3 Å². The molecule has 1 aromatic rings. The molecule has 0 amide bonds. The van der Waals surface area contributed by atoms with Crippen molar-refractivity contribution < 1.29 is 4.79 Å².